The number of rotatable bonds is 7. The van der Waals surface area contributed by atoms with Crippen LogP contribution in [0.5, 0.6) is 0 Å². The quantitative estimate of drug-likeness (QED) is 0.746. The third-order valence-corrected chi connectivity index (χ3v) is 2.69. The number of aliphatic hydroxyl groups excluding tert-OH is 1. The molecule has 0 aliphatic heterocycles. The van der Waals surface area contributed by atoms with Crippen molar-refractivity contribution < 1.29 is 28.2 Å². The summed E-state index contributed by atoms with van der Waals surface area (Å²) < 4.78 is 36.8. The Balaban J connectivity index is 2.96. The minimum absolute atomic E-state index is 0.106. The molecule has 0 bridgehead atoms. The second-order valence-electron chi connectivity index (χ2n) is 4.09. The van der Waals surface area contributed by atoms with Crippen LogP contribution in [0.1, 0.15) is 16.8 Å². The lowest BCUT2D eigenvalue weighted by Crippen LogP contribution is -2.27. The van der Waals surface area contributed by atoms with Gasteiger partial charge in [-0.2, -0.15) is 0 Å². The molecule has 0 aliphatic rings. The highest BCUT2D eigenvalue weighted by Gasteiger charge is 2.20. The van der Waals surface area contributed by atoms with E-state index in [9.17, 15) is 13.6 Å². The zero-order chi connectivity index (χ0) is 15.1. The van der Waals surface area contributed by atoms with Crippen molar-refractivity contribution in [3.05, 3.63) is 29.3 Å². The number of anilines is 1. The fraction of sp³-hybridized carbons (Fsp3) is 0.462. The van der Waals surface area contributed by atoms with Gasteiger partial charge in [-0.1, -0.05) is 0 Å². The SMILES string of the molecule is COCC(CCO)Nc1ccc(C(=O)OC)c(F)c1F. The summed E-state index contributed by atoms with van der Waals surface area (Å²) in [5, 5.41) is 11.6. The molecule has 0 aliphatic carbocycles. The molecule has 0 fully saturated rings. The maximum Gasteiger partial charge on any atom is 0.340 e. The number of esters is 1. The van der Waals surface area contributed by atoms with Crippen LogP contribution < -0.4 is 5.32 Å². The minimum Gasteiger partial charge on any atom is -0.465 e. The van der Waals surface area contributed by atoms with Crippen molar-refractivity contribution in [3.63, 3.8) is 0 Å². The van der Waals surface area contributed by atoms with Gasteiger partial charge in [-0.05, 0) is 18.6 Å². The van der Waals surface area contributed by atoms with Gasteiger partial charge in [0.15, 0.2) is 11.6 Å². The first kappa shape index (κ1) is 16.3. The maximum absolute atomic E-state index is 13.9. The van der Waals surface area contributed by atoms with Gasteiger partial charge >= 0.3 is 5.97 Å². The van der Waals surface area contributed by atoms with Crippen molar-refractivity contribution in [1.82, 2.24) is 0 Å². The van der Waals surface area contributed by atoms with Crippen LogP contribution in [0.4, 0.5) is 14.5 Å². The van der Waals surface area contributed by atoms with Crippen molar-refractivity contribution in [2.24, 2.45) is 0 Å². The van der Waals surface area contributed by atoms with Gasteiger partial charge in [0.2, 0.25) is 0 Å². The Labute approximate surface area is 115 Å². The summed E-state index contributed by atoms with van der Waals surface area (Å²) in [5.41, 5.74) is -0.577. The molecule has 5 nitrogen and oxygen atoms in total. The smallest absolute Gasteiger partial charge is 0.340 e. The van der Waals surface area contributed by atoms with Crippen molar-refractivity contribution in [2.75, 3.05) is 32.8 Å². The summed E-state index contributed by atoms with van der Waals surface area (Å²) in [6.45, 7) is 0.103. The van der Waals surface area contributed by atoms with Crippen LogP contribution in [0.25, 0.3) is 0 Å². The summed E-state index contributed by atoms with van der Waals surface area (Å²) in [6.07, 6.45) is 0.313. The van der Waals surface area contributed by atoms with Gasteiger partial charge in [-0.3, -0.25) is 0 Å². The molecule has 0 saturated carbocycles. The molecule has 20 heavy (non-hydrogen) atoms. The van der Waals surface area contributed by atoms with Crippen molar-refractivity contribution in [1.29, 1.82) is 0 Å². The van der Waals surface area contributed by atoms with Crippen molar-refractivity contribution >= 4 is 11.7 Å². The topological polar surface area (TPSA) is 67.8 Å². The maximum atomic E-state index is 13.9. The summed E-state index contributed by atoms with van der Waals surface area (Å²) in [7, 11) is 2.55. The van der Waals surface area contributed by atoms with E-state index in [4.69, 9.17) is 9.84 Å². The Hall–Kier alpha value is -1.73. The number of ether oxygens (including phenoxy) is 2. The van der Waals surface area contributed by atoms with E-state index >= 15 is 0 Å². The lowest BCUT2D eigenvalue weighted by molar-refractivity contribution is 0.0594. The zero-order valence-corrected chi connectivity index (χ0v) is 11.3. The van der Waals surface area contributed by atoms with Crippen molar-refractivity contribution in [2.45, 2.75) is 12.5 Å². The van der Waals surface area contributed by atoms with Crippen LogP contribution >= 0.6 is 0 Å². The number of aliphatic hydroxyl groups is 1. The van der Waals surface area contributed by atoms with Crippen LogP contribution in [0.3, 0.4) is 0 Å². The fourth-order valence-electron chi connectivity index (χ4n) is 1.70. The predicted octanol–water partition coefficient (Wildman–Crippen LogP) is 1.56. The summed E-state index contributed by atoms with van der Waals surface area (Å²) in [5.74, 6) is -3.40. The summed E-state index contributed by atoms with van der Waals surface area (Å²) in [6, 6.07) is 2.00. The zero-order valence-electron chi connectivity index (χ0n) is 11.3. The molecule has 0 aromatic heterocycles. The van der Waals surface area contributed by atoms with Gasteiger partial charge in [-0.15, -0.1) is 0 Å². The Morgan fingerprint density at radius 2 is 2.05 bits per heavy atom. The molecular weight excluding hydrogens is 272 g/mol. The first-order valence-corrected chi connectivity index (χ1v) is 5.97. The Morgan fingerprint density at radius 1 is 1.35 bits per heavy atom. The molecule has 1 aromatic carbocycles. The number of carbonyl (C=O) groups is 1. The van der Waals surface area contributed by atoms with E-state index in [1.165, 1.54) is 13.2 Å². The number of hydrogen-bond acceptors (Lipinski definition) is 5. The molecule has 1 unspecified atom stereocenters. The third-order valence-electron chi connectivity index (χ3n) is 2.69. The molecule has 1 aromatic rings. The number of benzene rings is 1. The van der Waals surface area contributed by atoms with Gasteiger partial charge in [0.05, 0.1) is 31.0 Å². The Morgan fingerprint density at radius 3 is 2.60 bits per heavy atom. The normalized spacial score (nSPS) is 12.1. The molecule has 1 rings (SSSR count). The van der Waals surface area contributed by atoms with Gasteiger partial charge in [0.25, 0.3) is 0 Å². The highest BCUT2D eigenvalue weighted by molar-refractivity contribution is 5.90. The number of carbonyl (C=O) groups excluding carboxylic acids is 1. The van der Waals surface area contributed by atoms with Crippen LogP contribution in [0.15, 0.2) is 12.1 Å². The van der Waals surface area contributed by atoms with Gasteiger partial charge in [0, 0.05) is 13.7 Å². The highest BCUT2D eigenvalue weighted by Crippen LogP contribution is 2.22. The Bertz CT molecular complexity index is 462. The van der Waals surface area contributed by atoms with E-state index in [0.29, 0.717) is 6.42 Å². The first-order valence-electron chi connectivity index (χ1n) is 5.97. The van der Waals surface area contributed by atoms with Crippen molar-refractivity contribution in [3.8, 4) is 0 Å². The lowest BCUT2D eigenvalue weighted by Gasteiger charge is -2.19. The van der Waals surface area contributed by atoms with Crippen LogP contribution in [-0.4, -0.2) is 44.6 Å². The van der Waals surface area contributed by atoms with Gasteiger partial charge < -0.3 is 19.9 Å². The van der Waals surface area contributed by atoms with E-state index in [-0.39, 0.29) is 24.9 Å². The molecular formula is C13H17F2NO4. The second kappa shape index (κ2) is 7.76. The molecule has 112 valence electrons. The van der Waals surface area contributed by atoms with Crippen LogP contribution in [-0.2, 0) is 9.47 Å². The average Bonchev–Trinajstić information content (AvgIpc) is 2.44. The Kier molecular flexibility index (Phi) is 6.33. The highest BCUT2D eigenvalue weighted by atomic mass is 19.2. The summed E-state index contributed by atoms with van der Waals surface area (Å²) in [4.78, 5) is 11.2. The first-order chi connectivity index (χ1) is 9.54. The fourth-order valence-corrected chi connectivity index (χ4v) is 1.70. The lowest BCUT2D eigenvalue weighted by atomic mass is 10.1. The monoisotopic (exact) mass is 289 g/mol. The molecule has 0 heterocycles. The molecule has 0 spiro atoms. The van der Waals surface area contributed by atoms with Gasteiger partial charge in [0.1, 0.15) is 0 Å². The molecule has 7 heteroatoms. The number of halogens is 2. The standard InChI is InChI=1S/C13H17F2NO4/c1-19-7-8(5-6-17)16-10-4-3-9(13(18)20-2)11(14)12(10)15/h3-4,8,16-17H,5-7H2,1-2H3. The van der Waals surface area contributed by atoms with Crippen LogP contribution in [0, 0.1) is 11.6 Å². The minimum atomic E-state index is -1.28. The number of methoxy groups -OCH3 is 2. The predicted molar refractivity (Wildman–Crippen MR) is 68.7 cm³/mol. The molecule has 0 amide bonds. The molecule has 0 radical (unpaired) electrons. The van der Waals surface area contributed by atoms with E-state index in [1.54, 1.807) is 0 Å². The molecule has 0 saturated heterocycles. The summed E-state index contributed by atoms with van der Waals surface area (Å²) >= 11 is 0. The van der Waals surface area contributed by atoms with E-state index in [2.05, 4.69) is 10.1 Å². The average molecular weight is 289 g/mol. The molecule has 2 N–H and O–H groups in total. The van der Waals surface area contributed by atoms with Crippen LogP contribution in [0.2, 0.25) is 0 Å². The third kappa shape index (κ3) is 3.88. The number of hydrogen-bond donors (Lipinski definition) is 2. The largest absolute Gasteiger partial charge is 0.465 e. The van der Waals surface area contributed by atoms with Gasteiger partial charge in [-0.25, -0.2) is 13.6 Å². The molecule has 1 atom stereocenters. The number of nitrogens with one attached hydrogen (secondary N) is 1. The van der Waals surface area contributed by atoms with E-state index in [0.717, 1.165) is 13.2 Å². The van der Waals surface area contributed by atoms with E-state index < -0.39 is 23.2 Å². The van der Waals surface area contributed by atoms with E-state index in [1.807, 2.05) is 0 Å². The second-order valence-corrected chi connectivity index (χ2v) is 4.09.